The zero-order valence-electron chi connectivity index (χ0n) is 20.1. The van der Waals surface area contributed by atoms with E-state index in [1.165, 1.54) is 39.2 Å². The first-order valence-electron chi connectivity index (χ1n) is 11.6. The molecule has 1 unspecified atom stereocenters. The molecule has 1 aliphatic rings. The lowest BCUT2D eigenvalue weighted by atomic mass is 9.74. The highest BCUT2D eigenvalue weighted by atomic mass is 15.2. The van der Waals surface area contributed by atoms with Crippen molar-refractivity contribution in [1.82, 2.24) is 0 Å². The van der Waals surface area contributed by atoms with Crippen LogP contribution in [-0.2, 0) is 0 Å². The molecule has 0 saturated carbocycles. The van der Waals surface area contributed by atoms with Crippen molar-refractivity contribution in [3.63, 3.8) is 0 Å². The largest absolute Gasteiger partial charge is 0.386 e. The molecule has 0 radical (unpaired) electrons. The van der Waals surface area contributed by atoms with Crippen molar-refractivity contribution in [2.75, 3.05) is 23.8 Å². The highest BCUT2D eigenvalue weighted by Crippen LogP contribution is 2.45. The number of hydrogen-bond acceptors (Lipinski definition) is 2. The third-order valence-electron chi connectivity index (χ3n) is 6.49. The van der Waals surface area contributed by atoms with Gasteiger partial charge in [0.1, 0.15) is 0 Å². The molecule has 1 atom stereocenters. The highest BCUT2D eigenvalue weighted by Gasteiger charge is 2.38. The van der Waals surface area contributed by atoms with Gasteiger partial charge in [-0.3, -0.25) is 0 Å². The molecule has 0 fully saturated rings. The van der Waals surface area contributed by atoms with E-state index >= 15 is 0 Å². The second-order valence-corrected chi connectivity index (χ2v) is 8.77. The Hall–Kier alpha value is -2.74. The summed E-state index contributed by atoms with van der Waals surface area (Å²) in [5.41, 5.74) is 9.38. The van der Waals surface area contributed by atoms with E-state index in [0.29, 0.717) is 0 Å². The van der Waals surface area contributed by atoms with Gasteiger partial charge in [0, 0.05) is 13.6 Å². The normalized spacial score (nSPS) is 19.0. The molecule has 164 valence electrons. The zero-order chi connectivity index (χ0) is 22.4. The minimum absolute atomic E-state index is 0.175. The van der Waals surface area contributed by atoms with Gasteiger partial charge in [-0.2, -0.15) is 0 Å². The number of aryl methyl sites for hydroxylation is 1. The maximum absolute atomic E-state index is 3.42. The summed E-state index contributed by atoms with van der Waals surface area (Å²) in [7, 11) is 2.02. The van der Waals surface area contributed by atoms with Crippen LogP contribution < -0.4 is 10.2 Å². The fourth-order valence-corrected chi connectivity index (χ4v) is 5.05. The van der Waals surface area contributed by atoms with Gasteiger partial charge in [0.15, 0.2) is 0 Å². The number of nitrogens with one attached hydrogen (secondary N) is 1. The number of anilines is 2. The van der Waals surface area contributed by atoms with Gasteiger partial charge >= 0.3 is 0 Å². The predicted molar refractivity (Wildman–Crippen MR) is 138 cm³/mol. The molecule has 31 heavy (non-hydrogen) atoms. The molecule has 0 bridgehead atoms. The lowest BCUT2D eigenvalue weighted by Crippen LogP contribution is -2.49. The van der Waals surface area contributed by atoms with Crippen LogP contribution in [0.25, 0.3) is 5.57 Å². The van der Waals surface area contributed by atoms with Crippen molar-refractivity contribution in [1.29, 1.82) is 0 Å². The Morgan fingerprint density at radius 2 is 1.77 bits per heavy atom. The van der Waals surface area contributed by atoms with Crippen LogP contribution in [0.15, 0.2) is 77.9 Å². The Balaban J connectivity index is 2.20. The monoisotopic (exact) mass is 414 g/mol. The minimum atomic E-state index is -0.175. The summed E-state index contributed by atoms with van der Waals surface area (Å²) < 4.78 is 0. The lowest BCUT2D eigenvalue weighted by Gasteiger charge is -2.47. The van der Waals surface area contributed by atoms with Crippen molar-refractivity contribution in [3.05, 3.63) is 89.0 Å². The summed E-state index contributed by atoms with van der Waals surface area (Å²) >= 11 is 0. The molecule has 3 rings (SSSR count). The second kappa shape index (κ2) is 10.0. The molecule has 0 aromatic heterocycles. The van der Waals surface area contributed by atoms with E-state index in [1.54, 1.807) is 0 Å². The molecule has 0 aliphatic heterocycles. The Morgan fingerprint density at radius 1 is 1.06 bits per heavy atom. The summed E-state index contributed by atoms with van der Waals surface area (Å²) in [4.78, 5) is 2.61. The van der Waals surface area contributed by atoms with Crippen LogP contribution in [0.5, 0.6) is 0 Å². The van der Waals surface area contributed by atoms with Crippen LogP contribution >= 0.6 is 0 Å². The van der Waals surface area contributed by atoms with Crippen molar-refractivity contribution in [3.8, 4) is 0 Å². The summed E-state index contributed by atoms with van der Waals surface area (Å²) in [6, 6.07) is 17.8. The molecule has 0 saturated heterocycles. The van der Waals surface area contributed by atoms with E-state index in [4.69, 9.17) is 0 Å². The summed E-state index contributed by atoms with van der Waals surface area (Å²) in [5, 5.41) is 3.42. The molecule has 0 amide bonds. The first-order valence-corrected chi connectivity index (χ1v) is 11.6. The molecule has 0 spiro atoms. The van der Waals surface area contributed by atoms with E-state index in [-0.39, 0.29) is 5.54 Å². The van der Waals surface area contributed by atoms with Crippen LogP contribution in [0.4, 0.5) is 11.4 Å². The van der Waals surface area contributed by atoms with Gasteiger partial charge in [-0.05, 0) is 75.8 Å². The van der Waals surface area contributed by atoms with E-state index in [1.807, 2.05) is 7.05 Å². The van der Waals surface area contributed by atoms with Gasteiger partial charge < -0.3 is 10.2 Å². The highest BCUT2D eigenvalue weighted by molar-refractivity contribution is 5.79. The molecule has 2 aromatic rings. The minimum Gasteiger partial charge on any atom is -0.386 e. The fraction of sp³-hybridized carbons (Fsp3) is 0.379. The van der Waals surface area contributed by atoms with E-state index in [9.17, 15) is 0 Å². The van der Waals surface area contributed by atoms with Crippen LogP contribution in [0, 0.1) is 6.92 Å². The Kier molecular flexibility index (Phi) is 7.43. The molecule has 1 N–H and O–H groups in total. The smallest absolute Gasteiger partial charge is 0.0778 e. The quantitative estimate of drug-likeness (QED) is 0.444. The zero-order valence-corrected chi connectivity index (χ0v) is 20.1. The van der Waals surface area contributed by atoms with Crippen LogP contribution in [0.1, 0.15) is 58.1 Å². The average Bonchev–Trinajstić information content (AvgIpc) is 2.76. The predicted octanol–water partition coefficient (Wildman–Crippen LogP) is 7.78. The van der Waals surface area contributed by atoms with Crippen molar-refractivity contribution in [2.45, 2.75) is 59.4 Å². The summed E-state index contributed by atoms with van der Waals surface area (Å²) in [5.74, 6) is 0. The van der Waals surface area contributed by atoms with Gasteiger partial charge in [-0.25, -0.2) is 0 Å². The maximum atomic E-state index is 3.42. The number of hydrogen-bond donors (Lipinski definition) is 1. The van der Waals surface area contributed by atoms with Gasteiger partial charge in [-0.1, -0.05) is 72.7 Å². The average molecular weight is 415 g/mol. The van der Waals surface area contributed by atoms with Crippen LogP contribution in [0.3, 0.4) is 0 Å². The SMILES string of the molecule is CC=CCCN(c1ccccc1NC)C1(C)C=C(C)CC(c2ccc(C)cc2)=C1CC. The first-order chi connectivity index (χ1) is 14.9. The Morgan fingerprint density at radius 3 is 2.42 bits per heavy atom. The third-order valence-corrected chi connectivity index (χ3v) is 6.49. The molecule has 2 heteroatoms. The van der Waals surface area contributed by atoms with Gasteiger partial charge in [0.25, 0.3) is 0 Å². The number of rotatable bonds is 8. The van der Waals surface area contributed by atoms with E-state index < -0.39 is 0 Å². The first kappa shape index (κ1) is 22.9. The number of benzene rings is 2. The van der Waals surface area contributed by atoms with Crippen molar-refractivity contribution >= 4 is 16.9 Å². The summed E-state index contributed by atoms with van der Waals surface area (Å²) in [6.45, 7) is 12.2. The molecule has 0 heterocycles. The molecular weight excluding hydrogens is 376 g/mol. The van der Waals surface area contributed by atoms with Crippen molar-refractivity contribution in [2.24, 2.45) is 0 Å². The third kappa shape index (κ3) is 4.79. The fourth-order valence-electron chi connectivity index (χ4n) is 5.05. The number of nitrogens with zero attached hydrogens (tertiary/aromatic N) is 1. The molecule has 2 nitrogen and oxygen atoms in total. The number of allylic oxidation sites excluding steroid dienone is 3. The number of para-hydroxylation sites is 2. The second-order valence-electron chi connectivity index (χ2n) is 8.77. The summed E-state index contributed by atoms with van der Waals surface area (Å²) in [6.07, 6.45) is 10.0. The van der Waals surface area contributed by atoms with E-state index in [2.05, 4.69) is 112 Å². The van der Waals surface area contributed by atoms with Gasteiger partial charge in [0.2, 0.25) is 0 Å². The van der Waals surface area contributed by atoms with Crippen molar-refractivity contribution < 1.29 is 0 Å². The standard InChI is InChI=1S/C29H38N2/c1-7-9-12-19-31(28-14-11-10-13-27(28)30-6)29(5)21-23(4)20-25(26(29)8-2)24-17-15-22(3)16-18-24/h7,9-11,13-18,21,30H,8,12,19-20H2,1-6H3. The van der Waals surface area contributed by atoms with Crippen LogP contribution in [-0.4, -0.2) is 19.1 Å². The topological polar surface area (TPSA) is 15.3 Å². The Bertz CT molecular complexity index is 978. The lowest BCUT2D eigenvalue weighted by molar-refractivity contribution is 0.562. The Labute approximate surface area is 189 Å². The molecule has 1 aliphatic carbocycles. The maximum Gasteiger partial charge on any atom is 0.0778 e. The molecular formula is C29H38N2. The van der Waals surface area contributed by atoms with Gasteiger partial charge in [0.05, 0.1) is 16.9 Å². The van der Waals surface area contributed by atoms with Gasteiger partial charge in [-0.15, -0.1) is 0 Å². The molecule has 2 aromatic carbocycles. The van der Waals surface area contributed by atoms with E-state index in [0.717, 1.165) is 25.8 Å². The van der Waals surface area contributed by atoms with Crippen LogP contribution in [0.2, 0.25) is 0 Å².